The van der Waals surface area contributed by atoms with Crippen molar-refractivity contribution in [1.29, 1.82) is 0 Å². The molecule has 1 saturated heterocycles. The third-order valence-electron chi connectivity index (χ3n) is 4.68. The Kier molecular flexibility index (Phi) is 4.08. The van der Waals surface area contributed by atoms with E-state index in [0.717, 1.165) is 38.9 Å². The van der Waals surface area contributed by atoms with Crippen LogP contribution >= 0.6 is 0 Å². The maximum Gasteiger partial charge on any atom is 0.0611 e. The molecular weight excluding hydrogens is 214 g/mol. The molecule has 3 N–H and O–H groups in total. The van der Waals surface area contributed by atoms with Gasteiger partial charge in [-0.3, -0.25) is 4.90 Å². The summed E-state index contributed by atoms with van der Waals surface area (Å²) in [7, 11) is 2.20. The lowest BCUT2D eigenvalue weighted by atomic mass is 9.79. The molecule has 0 aromatic carbocycles. The molecule has 2 rings (SSSR count). The first-order chi connectivity index (χ1) is 8.04. The highest BCUT2D eigenvalue weighted by molar-refractivity contribution is 4.95. The molecule has 100 valence electrons. The van der Waals surface area contributed by atoms with Gasteiger partial charge in [-0.25, -0.2) is 0 Å². The average molecular weight is 241 g/mol. The van der Waals surface area contributed by atoms with Gasteiger partial charge in [0.2, 0.25) is 0 Å². The second-order valence-electron chi connectivity index (χ2n) is 6.10. The van der Waals surface area contributed by atoms with E-state index in [9.17, 15) is 5.11 Å². The van der Waals surface area contributed by atoms with Crippen LogP contribution in [0.1, 0.15) is 32.6 Å². The van der Waals surface area contributed by atoms with Gasteiger partial charge in [-0.05, 0) is 39.7 Å². The summed E-state index contributed by atoms with van der Waals surface area (Å²) in [5, 5.41) is 9.41. The van der Waals surface area contributed by atoms with Crippen LogP contribution in [-0.4, -0.2) is 65.8 Å². The van der Waals surface area contributed by atoms with Gasteiger partial charge in [0, 0.05) is 37.3 Å². The Morgan fingerprint density at radius 2 is 2.18 bits per heavy atom. The Labute approximate surface area is 105 Å². The highest BCUT2D eigenvalue weighted by atomic mass is 16.3. The minimum Gasteiger partial charge on any atom is -0.394 e. The van der Waals surface area contributed by atoms with E-state index in [1.807, 2.05) is 0 Å². The summed E-state index contributed by atoms with van der Waals surface area (Å²) in [6, 6.07) is 1.21. The zero-order chi connectivity index (χ0) is 12.5. The van der Waals surface area contributed by atoms with Crippen LogP contribution in [0.25, 0.3) is 0 Å². The Morgan fingerprint density at radius 3 is 2.82 bits per heavy atom. The average Bonchev–Trinajstić information content (AvgIpc) is 2.33. The summed E-state index contributed by atoms with van der Waals surface area (Å²) in [5.74, 6) is 0. The van der Waals surface area contributed by atoms with Crippen molar-refractivity contribution in [3.63, 3.8) is 0 Å². The van der Waals surface area contributed by atoms with Gasteiger partial charge in [0.25, 0.3) is 0 Å². The lowest BCUT2D eigenvalue weighted by Gasteiger charge is -2.46. The zero-order valence-electron chi connectivity index (χ0n) is 11.2. The summed E-state index contributed by atoms with van der Waals surface area (Å²) in [4.78, 5) is 5.00. The molecule has 17 heavy (non-hydrogen) atoms. The first kappa shape index (κ1) is 13.3. The van der Waals surface area contributed by atoms with Crippen LogP contribution in [0, 0.1) is 0 Å². The molecule has 0 bridgehead atoms. The summed E-state index contributed by atoms with van der Waals surface area (Å²) in [6.45, 7) is 5.85. The number of aliphatic hydroxyl groups excluding tert-OH is 1. The molecule has 1 aliphatic carbocycles. The maximum absolute atomic E-state index is 9.41. The molecule has 3 atom stereocenters. The molecule has 4 heteroatoms. The fraction of sp³-hybridized carbons (Fsp3) is 1.00. The van der Waals surface area contributed by atoms with Gasteiger partial charge in [-0.15, -0.1) is 0 Å². The van der Waals surface area contributed by atoms with E-state index < -0.39 is 0 Å². The van der Waals surface area contributed by atoms with Gasteiger partial charge in [0.05, 0.1) is 6.61 Å². The molecule has 1 heterocycles. The number of hydrogen-bond acceptors (Lipinski definition) is 4. The Bertz CT molecular complexity index is 261. The minimum atomic E-state index is -0.324. The Balaban J connectivity index is 1.94. The van der Waals surface area contributed by atoms with Crippen molar-refractivity contribution in [2.24, 2.45) is 5.73 Å². The topological polar surface area (TPSA) is 52.7 Å². The molecule has 0 aromatic heterocycles. The van der Waals surface area contributed by atoms with Gasteiger partial charge >= 0.3 is 0 Å². The van der Waals surface area contributed by atoms with Crippen molar-refractivity contribution in [3.8, 4) is 0 Å². The third-order valence-corrected chi connectivity index (χ3v) is 4.68. The summed E-state index contributed by atoms with van der Waals surface area (Å²) in [6.07, 6.45) is 4.33. The molecule has 0 amide bonds. The quantitative estimate of drug-likeness (QED) is 0.728. The van der Waals surface area contributed by atoms with Crippen molar-refractivity contribution in [3.05, 3.63) is 0 Å². The largest absolute Gasteiger partial charge is 0.394 e. The van der Waals surface area contributed by atoms with E-state index in [2.05, 4.69) is 23.8 Å². The first-order valence-electron chi connectivity index (χ1n) is 6.88. The number of likely N-dealkylation sites (N-methyl/N-ethyl adjacent to an activating group) is 1. The summed E-state index contributed by atoms with van der Waals surface area (Å²) in [5.41, 5.74) is 5.91. The number of aliphatic hydroxyl groups is 1. The SMILES string of the molecule is CC1CN(C2CCCC(N)(CO)C2)CCN1C. The van der Waals surface area contributed by atoms with Crippen LogP contribution in [0.2, 0.25) is 0 Å². The van der Waals surface area contributed by atoms with Crippen molar-refractivity contribution in [2.75, 3.05) is 33.3 Å². The molecule has 4 nitrogen and oxygen atoms in total. The van der Waals surface area contributed by atoms with Crippen LogP contribution in [0.4, 0.5) is 0 Å². The molecule has 2 fully saturated rings. The standard InChI is InChI=1S/C13H27N3O/c1-11-9-16(7-6-15(11)2)12-4-3-5-13(14,8-12)10-17/h11-12,17H,3-10,14H2,1-2H3. The molecule has 3 unspecified atom stereocenters. The maximum atomic E-state index is 9.41. The fourth-order valence-electron chi connectivity index (χ4n) is 3.23. The molecule has 2 aliphatic rings. The number of nitrogens with zero attached hydrogens (tertiary/aromatic N) is 2. The Morgan fingerprint density at radius 1 is 1.41 bits per heavy atom. The predicted octanol–water partition coefficient (Wildman–Crippen LogP) is 0.255. The second kappa shape index (κ2) is 5.22. The van der Waals surface area contributed by atoms with E-state index in [-0.39, 0.29) is 12.1 Å². The monoisotopic (exact) mass is 241 g/mol. The lowest BCUT2D eigenvalue weighted by molar-refractivity contribution is 0.0311. The minimum absolute atomic E-state index is 0.132. The van der Waals surface area contributed by atoms with Crippen molar-refractivity contribution in [2.45, 2.75) is 50.2 Å². The van der Waals surface area contributed by atoms with Gasteiger partial charge in [0.1, 0.15) is 0 Å². The van der Waals surface area contributed by atoms with Crippen molar-refractivity contribution >= 4 is 0 Å². The lowest BCUT2D eigenvalue weighted by Crippen LogP contribution is -2.58. The van der Waals surface area contributed by atoms with E-state index >= 15 is 0 Å². The zero-order valence-corrected chi connectivity index (χ0v) is 11.2. The molecular formula is C13H27N3O. The van der Waals surface area contributed by atoms with Gasteiger partial charge < -0.3 is 15.7 Å². The van der Waals surface area contributed by atoms with Crippen LogP contribution in [0.5, 0.6) is 0 Å². The Hall–Kier alpha value is -0.160. The van der Waals surface area contributed by atoms with Crippen LogP contribution in [0.3, 0.4) is 0 Å². The van der Waals surface area contributed by atoms with Gasteiger partial charge in [-0.2, -0.15) is 0 Å². The fourth-order valence-corrected chi connectivity index (χ4v) is 3.23. The predicted molar refractivity (Wildman–Crippen MR) is 69.9 cm³/mol. The van der Waals surface area contributed by atoms with Crippen LogP contribution in [-0.2, 0) is 0 Å². The molecule has 1 aliphatic heterocycles. The van der Waals surface area contributed by atoms with E-state index in [1.54, 1.807) is 0 Å². The molecule has 0 radical (unpaired) electrons. The van der Waals surface area contributed by atoms with Gasteiger partial charge in [0.15, 0.2) is 0 Å². The van der Waals surface area contributed by atoms with Crippen LogP contribution < -0.4 is 5.73 Å². The van der Waals surface area contributed by atoms with Crippen molar-refractivity contribution in [1.82, 2.24) is 9.80 Å². The number of piperazine rings is 1. The highest BCUT2D eigenvalue weighted by Crippen LogP contribution is 2.30. The third kappa shape index (κ3) is 2.99. The molecule has 1 saturated carbocycles. The first-order valence-corrected chi connectivity index (χ1v) is 6.88. The normalized spacial score (nSPS) is 41.6. The summed E-state index contributed by atoms with van der Waals surface area (Å²) >= 11 is 0. The molecule has 0 aromatic rings. The van der Waals surface area contributed by atoms with Crippen molar-refractivity contribution < 1.29 is 5.11 Å². The van der Waals surface area contributed by atoms with Gasteiger partial charge in [-0.1, -0.05) is 0 Å². The smallest absolute Gasteiger partial charge is 0.0611 e. The van der Waals surface area contributed by atoms with E-state index in [0.29, 0.717) is 12.1 Å². The molecule has 0 spiro atoms. The number of hydrogen-bond donors (Lipinski definition) is 2. The van der Waals surface area contributed by atoms with Crippen LogP contribution in [0.15, 0.2) is 0 Å². The summed E-state index contributed by atoms with van der Waals surface area (Å²) < 4.78 is 0. The van der Waals surface area contributed by atoms with E-state index in [1.165, 1.54) is 6.42 Å². The second-order valence-corrected chi connectivity index (χ2v) is 6.10. The number of rotatable bonds is 2. The highest BCUT2D eigenvalue weighted by Gasteiger charge is 2.36. The van der Waals surface area contributed by atoms with E-state index in [4.69, 9.17) is 5.73 Å². The number of nitrogens with two attached hydrogens (primary N) is 1.